The zero-order chi connectivity index (χ0) is 33.2. The summed E-state index contributed by atoms with van der Waals surface area (Å²) in [5, 5.41) is 5.35. The first-order valence-corrected chi connectivity index (χ1v) is 16.8. The van der Waals surface area contributed by atoms with Gasteiger partial charge in [-0.15, -0.1) is 0 Å². The number of hydrogen-bond donors (Lipinski definition) is 2. The smallest absolute Gasteiger partial charge is 0.323 e. The molecule has 12 nitrogen and oxygen atoms in total. The summed E-state index contributed by atoms with van der Waals surface area (Å²) in [5.74, 6) is 1.48. The van der Waals surface area contributed by atoms with Crippen LogP contribution in [-0.4, -0.2) is 58.0 Å². The third-order valence-corrected chi connectivity index (χ3v) is 8.96. The number of carbonyl (C=O) groups excluding carboxylic acids is 1. The Labute approximate surface area is 271 Å². The first-order valence-electron chi connectivity index (χ1n) is 15.6. The molecule has 1 aliphatic rings. The highest BCUT2D eigenvalue weighted by molar-refractivity contribution is 7.45. The minimum absolute atomic E-state index is 0.0757. The van der Waals surface area contributed by atoms with Crippen molar-refractivity contribution in [2.45, 2.75) is 73.3 Å². The molecule has 0 bridgehead atoms. The van der Waals surface area contributed by atoms with E-state index in [-0.39, 0.29) is 48.1 Å². The van der Waals surface area contributed by atoms with Crippen LogP contribution in [0.4, 0.5) is 5.95 Å². The number of carbonyl (C=O) groups is 1. The van der Waals surface area contributed by atoms with Crippen molar-refractivity contribution in [3.63, 3.8) is 0 Å². The molecule has 5 rings (SSSR count). The lowest BCUT2D eigenvalue weighted by Crippen LogP contribution is -2.41. The number of benzene rings is 2. The zero-order valence-corrected chi connectivity index (χ0v) is 28.7. The normalized spacial score (nSPS) is 19.9. The minimum Gasteiger partial charge on any atom is -0.479 e. The van der Waals surface area contributed by atoms with Gasteiger partial charge in [-0.25, -0.2) is 10.1 Å². The fourth-order valence-corrected chi connectivity index (χ4v) is 6.88. The Bertz CT molecular complexity index is 1670. The SMILES string of the molecule is COc1nc(N)nc2c1nc(C)n2C1OC(COP(NC(C(=O)OCC(C)(C)C)C(C)C)Oc2cccc3ccccc23)CC1C. The third kappa shape index (κ3) is 7.69. The standard InChI is InChI=1S/C33H45N6O6P/c1-19(2)26(31(40)42-18-33(5,6)7)38-46(45-25-15-11-13-22-12-9-10-14-24(22)25)43-17-23-16-20(3)30(44-23)39-21(4)35-27-28(39)36-32(34)37-29(27)41-8/h9-15,19-20,23,26,30,38H,16-18H2,1-8H3,(H2,34,36,37). The van der Waals surface area contributed by atoms with E-state index in [1.807, 2.05) is 88.6 Å². The number of methoxy groups -OCH3 is 1. The average Bonchev–Trinajstić information content (AvgIpc) is 3.53. The molecular formula is C33H45N6O6P. The van der Waals surface area contributed by atoms with Crippen LogP contribution in [0, 0.1) is 24.2 Å². The lowest BCUT2D eigenvalue weighted by atomic mass is 9.98. The third-order valence-electron chi connectivity index (χ3n) is 7.72. The van der Waals surface area contributed by atoms with E-state index in [2.05, 4.69) is 27.0 Å². The Morgan fingerprint density at radius 2 is 1.89 bits per heavy atom. The molecule has 2 aromatic carbocycles. The van der Waals surface area contributed by atoms with E-state index in [9.17, 15) is 4.79 Å². The first-order chi connectivity index (χ1) is 21.8. The number of nitrogen functional groups attached to an aromatic ring is 1. The molecule has 0 saturated carbocycles. The van der Waals surface area contributed by atoms with Crippen LogP contribution in [0.3, 0.4) is 0 Å². The molecule has 5 unspecified atom stereocenters. The molecule has 1 saturated heterocycles. The number of nitrogens with two attached hydrogens (primary N) is 1. The van der Waals surface area contributed by atoms with Crippen LogP contribution in [-0.2, 0) is 18.8 Å². The average molecular weight is 653 g/mol. The van der Waals surface area contributed by atoms with Gasteiger partial charge in [0.05, 0.1) is 26.4 Å². The lowest BCUT2D eigenvalue weighted by molar-refractivity contribution is -0.149. The molecule has 3 N–H and O–H groups in total. The van der Waals surface area contributed by atoms with E-state index in [1.165, 1.54) is 7.11 Å². The molecule has 5 atom stereocenters. The molecule has 0 spiro atoms. The van der Waals surface area contributed by atoms with E-state index in [4.69, 9.17) is 29.0 Å². The van der Waals surface area contributed by atoms with Crippen molar-refractivity contribution < 1.29 is 28.1 Å². The Hall–Kier alpha value is -3.57. The highest BCUT2D eigenvalue weighted by atomic mass is 31.2. The summed E-state index contributed by atoms with van der Waals surface area (Å²) in [6.07, 6.45) is 0.109. The molecule has 3 heterocycles. The fourth-order valence-electron chi connectivity index (χ4n) is 5.43. The maximum Gasteiger partial charge on any atom is 0.323 e. The van der Waals surface area contributed by atoms with Gasteiger partial charge in [0.25, 0.3) is 0 Å². The zero-order valence-electron chi connectivity index (χ0n) is 27.8. The molecule has 4 aromatic rings. The fraction of sp³-hybridized carbons (Fsp3) is 0.515. The van der Waals surface area contributed by atoms with Crippen molar-refractivity contribution in [1.82, 2.24) is 24.6 Å². The molecule has 0 radical (unpaired) electrons. The Balaban J connectivity index is 1.36. The highest BCUT2D eigenvalue weighted by Gasteiger charge is 2.38. The van der Waals surface area contributed by atoms with Crippen LogP contribution in [0.15, 0.2) is 42.5 Å². The molecule has 2 aromatic heterocycles. The summed E-state index contributed by atoms with van der Waals surface area (Å²) < 4.78 is 32.6. The van der Waals surface area contributed by atoms with Gasteiger partial charge in [0.2, 0.25) is 11.8 Å². The quantitative estimate of drug-likeness (QED) is 0.131. The van der Waals surface area contributed by atoms with Crippen molar-refractivity contribution in [3.05, 3.63) is 48.3 Å². The van der Waals surface area contributed by atoms with Crippen LogP contribution in [0.5, 0.6) is 11.6 Å². The second-order valence-corrected chi connectivity index (χ2v) is 14.5. The number of ether oxygens (including phenoxy) is 3. The van der Waals surface area contributed by atoms with Crippen LogP contribution >= 0.6 is 8.53 Å². The first kappa shape index (κ1) is 33.8. The van der Waals surface area contributed by atoms with Crippen LogP contribution in [0.25, 0.3) is 21.9 Å². The molecular weight excluding hydrogens is 607 g/mol. The number of aromatic nitrogens is 4. The van der Waals surface area contributed by atoms with Crippen molar-refractivity contribution in [3.8, 4) is 11.6 Å². The maximum absolute atomic E-state index is 13.3. The van der Waals surface area contributed by atoms with Gasteiger partial charge in [-0.2, -0.15) is 9.97 Å². The minimum atomic E-state index is -1.79. The molecule has 0 aliphatic carbocycles. The second-order valence-electron chi connectivity index (χ2n) is 13.3. The van der Waals surface area contributed by atoms with Gasteiger partial charge >= 0.3 is 14.5 Å². The number of aryl methyl sites for hydroxylation is 1. The topological polar surface area (TPSA) is 145 Å². The van der Waals surface area contributed by atoms with Crippen LogP contribution in [0.2, 0.25) is 0 Å². The number of fused-ring (bicyclic) bond motifs is 2. The van der Waals surface area contributed by atoms with Gasteiger partial charge in [0.15, 0.2) is 11.2 Å². The van der Waals surface area contributed by atoms with Crippen LogP contribution < -0.4 is 20.1 Å². The van der Waals surface area contributed by atoms with Crippen molar-refractivity contribution in [2.75, 3.05) is 26.1 Å². The predicted molar refractivity (Wildman–Crippen MR) is 178 cm³/mol. The number of esters is 1. The molecule has 13 heteroatoms. The van der Waals surface area contributed by atoms with E-state index >= 15 is 0 Å². The number of nitrogens with zero attached hydrogens (tertiary/aromatic N) is 4. The lowest BCUT2D eigenvalue weighted by Gasteiger charge is -2.28. The summed E-state index contributed by atoms with van der Waals surface area (Å²) in [6.45, 7) is 14.6. The number of hydrogen-bond acceptors (Lipinski definition) is 11. The van der Waals surface area contributed by atoms with E-state index in [0.717, 1.165) is 17.2 Å². The molecule has 1 fully saturated rings. The molecule has 46 heavy (non-hydrogen) atoms. The van der Waals surface area contributed by atoms with Gasteiger partial charge < -0.3 is 29.0 Å². The summed E-state index contributed by atoms with van der Waals surface area (Å²) in [5.41, 5.74) is 6.90. The highest BCUT2D eigenvalue weighted by Crippen LogP contribution is 2.43. The number of rotatable bonds is 12. The molecule has 0 amide bonds. The van der Waals surface area contributed by atoms with Crippen molar-refractivity contribution >= 4 is 42.4 Å². The number of nitrogens with one attached hydrogen (secondary N) is 1. The van der Waals surface area contributed by atoms with E-state index in [1.54, 1.807) is 0 Å². The number of imidazole rings is 1. The summed E-state index contributed by atoms with van der Waals surface area (Å²) >= 11 is 0. The Morgan fingerprint density at radius 1 is 1.15 bits per heavy atom. The van der Waals surface area contributed by atoms with Crippen molar-refractivity contribution in [1.29, 1.82) is 0 Å². The maximum atomic E-state index is 13.3. The summed E-state index contributed by atoms with van der Waals surface area (Å²) in [4.78, 5) is 26.5. The van der Waals surface area contributed by atoms with E-state index in [0.29, 0.717) is 35.2 Å². The Kier molecular flexibility index (Phi) is 10.3. The molecule has 248 valence electrons. The summed E-state index contributed by atoms with van der Waals surface area (Å²) in [7, 11) is -0.266. The van der Waals surface area contributed by atoms with Gasteiger partial charge in [-0.1, -0.05) is 77.9 Å². The van der Waals surface area contributed by atoms with Gasteiger partial charge in [0.1, 0.15) is 23.8 Å². The monoisotopic (exact) mass is 652 g/mol. The van der Waals surface area contributed by atoms with Gasteiger partial charge in [0, 0.05) is 11.3 Å². The Morgan fingerprint density at radius 3 is 2.61 bits per heavy atom. The second kappa shape index (κ2) is 14.0. The molecule has 1 aliphatic heterocycles. The largest absolute Gasteiger partial charge is 0.479 e. The summed E-state index contributed by atoms with van der Waals surface area (Å²) in [6, 6.07) is 13.2. The van der Waals surface area contributed by atoms with E-state index < -0.39 is 14.6 Å². The van der Waals surface area contributed by atoms with Gasteiger partial charge in [-0.3, -0.25) is 9.36 Å². The predicted octanol–water partition coefficient (Wildman–Crippen LogP) is 6.33. The van der Waals surface area contributed by atoms with Gasteiger partial charge in [-0.05, 0) is 36.1 Å². The van der Waals surface area contributed by atoms with Crippen molar-refractivity contribution in [2.24, 2.45) is 17.3 Å². The number of anilines is 1. The van der Waals surface area contributed by atoms with Crippen LogP contribution in [0.1, 0.15) is 60.0 Å².